The zero-order valence-corrected chi connectivity index (χ0v) is 11.6. The highest BCUT2D eigenvalue weighted by molar-refractivity contribution is 7.98. The van der Waals surface area contributed by atoms with Crippen molar-refractivity contribution >= 4 is 11.8 Å². The quantitative estimate of drug-likeness (QED) is 0.567. The third-order valence-electron chi connectivity index (χ3n) is 3.00. The van der Waals surface area contributed by atoms with Crippen molar-refractivity contribution in [2.45, 2.75) is 24.5 Å². The molecule has 0 radical (unpaired) electrons. The Kier molecular flexibility index (Phi) is 5.00. The van der Waals surface area contributed by atoms with E-state index in [2.05, 4.69) is 4.98 Å². The molecule has 0 amide bonds. The standard InChI is InChI=1S/C11H16N2O6S/c1-20-5-18-9-8(16)6(4-14)19-10(9)13-3-2-7(15)12-11(13)17/h2-3,6,8-10,14,16H,4-5H2,1H3,(H,12,15,17)/t6-,8?,9?,10-/m0/s1. The van der Waals surface area contributed by atoms with Gasteiger partial charge >= 0.3 is 5.69 Å². The minimum absolute atomic E-state index is 0.303. The number of aliphatic hydroxyl groups is 2. The number of nitrogens with one attached hydrogen (secondary N) is 1. The monoisotopic (exact) mass is 304 g/mol. The lowest BCUT2D eigenvalue weighted by Gasteiger charge is -2.21. The first-order valence-electron chi connectivity index (χ1n) is 5.95. The topological polar surface area (TPSA) is 114 Å². The minimum atomic E-state index is -1.06. The molecule has 1 aromatic rings. The van der Waals surface area contributed by atoms with Crippen LogP contribution < -0.4 is 11.2 Å². The molecule has 0 aromatic carbocycles. The van der Waals surface area contributed by atoms with Crippen LogP contribution in [0.2, 0.25) is 0 Å². The van der Waals surface area contributed by atoms with Crippen molar-refractivity contribution in [1.29, 1.82) is 0 Å². The molecule has 0 bridgehead atoms. The Bertz CT molecular complexity index is 558. The van der Waals surface area contributed by atoms with Gasteiger partial charge in [-0.15, -0.1) is 11.8 Å². The Morgan fingerprint density at radius 2 is 2.30 bits per heavy atom. The molecule has 2 rings (SSSR count). The number of nitrogens with zero attached hydrogens (tertiary/aromatic N) is 1. The van der Waals surface area contributed by atoms with E-state index >= 15 is 0 Å². The summed E-state index contributed by atoms with van der Waals surface area (Å²) in [6.07, 6.45) is -0.510. The van der Waals surface area contributed by atoms with Crippen LogP contribution in [0.1, 0.15) is 6.23 Å². The van der Waals surface area contributed by atoms with E-state index in [0.717, 1.165) is 4.57 Å². The minimum Gasteiger partial charge on any atom is -0.394 e. The highest BCUT2D eigenvalue weighted by Crippen LogP contribution is 2.30. The second-order valence-corrected chi connectivity index (χ2v) is 5.11. The molecule has 8 nitrogen and oxygen atoms in total. The van der Waals surface area contributed by atoms with Gasteiger partial charge in [-0.25, -0.2) is 4.79 Å². The summed E-state index contributed by atoms with van der Waals surface area (Å²) in [5.74, 6) is 0.303. The van der Waals surface area contributed by atoms with Crippen molar-refractivity contribution in [1.82, 2.24) is 9.55 Å². The first-order chi connectivity index (χ1) is 9.58. The van der Waals surface area contributed by atoms with E-state index in [1.165, 1.54) is 24.0 Å². The van der Waals surface area contributed by atoms with Crippen LogP contribution in [0.5, 0.6) is 0 Å². The number of thioether (sulfide) groups is 1. The van der Waals surface area contributed by atoms with Crippen LogP contribution in [0.15, 0.2) is 21.9 Å². The van der Waals surface area contributed by atoms with Gasteiger partial charge in [-0.2, -0.15) is 0 Å². The number of hydrogen-bond donors (Lipinski definition) is 3. The smallest absolute Gasteiger partial charge is 0.330 e. The van der Waals surface area contributed by atoms with Crippen LogP contribution in [0, 0.1) is 0 Å². The molecule has 3 N–H and O–H groups in total. The molecule has 2 unspecified atom stereocenters. The zero-order valence-electron chi connectivity index (χ0n) is 10.8. The molecule has 1 fully saturated rings. The largest absolute Gasteiger partial charge is 0.394 e. The summed E-state index contributed by atoms with van der Waals surface area (Å²) in [5, 5.41) is 19.2. The van der Waals surface area contributed by atoms with Crippen molar-refractivity contribution in [2.75, 3.05) is 18.8 Å². The highest BCUT2D eigenvalue weighted by atomic mass is 32.2. The number of ether oxygens (including phenoxy) is 2. The molecule has 0 spiro atoms. The zero-order chi connectivity index (χ0) is 14.7. The van der Waals surface area contributed by atoms with Gasteiger partial charge in [0.25, 0.3) is 5.56 Å². The Hall–Kier alpha value is -1.13. The second kappa shape index (κ2) is 6.55. The predicted octanol–water partition coefficient (Wildman–Crippen LogP) is -1.51. The summed E-state index contributed by atoms with van der Waals surface area (Å²) < 4.78 is 12.1. The molecular weight excluding hydrogens is 288 g/mol. The van der Waals surface area contributed by atoms with E-state index in [0.29, 0.717) is 5.94 Å². The predicted molar refractivity (Wildman–Crippen MR) is 71.6 cm³/mol. The van der Waals surface area contributed by atoms with E-state index in [9.17, 15) is 14.7 Å². The molecule has 1 saturated heterocycles. The maximum absolute atomic E-state index is 11.8. The summed E-state index contributed by atoms with van der Waals surface area (Å²) in [6, 6.07) is 1.18. The first-order valence-corrected chi connectivity index (χ1v) is 7.34. The van der Waals surface area contributed by atoms with Crippen LogP contribution in [0.4, 0.5) is 0 Å². The third kappa shape index (κ3) is 2.96. The molecule has 112 valence electrons. The van der Waals surface area contributed by atoms with Crippen molar-refractivity contribution in [3.63, 3.8) is 0 Å². The molecule has 1 aromatic heterocycles. The van der Waals surface area contributed by atoms with E-state index < -0.39 is 42.4 Å². The number of rotatable bonds is 5. The summed E-state index contributed by atoms with van der Waals surface area (Å²) >= 11 is 1.41. The maximum atomic E-state index is 11.8. The molecule has 20 heavy (non-hydrogen) atoms. The average Bonchev–Trinajstić information content (AvgIpc) is 2.73. The lowest BCUT2D eigenvalue weighted by molar-refractivity contribution is -0.0649. The number of hydrogen-bond acceptors (Lipinski definition) is 7. The van der Waals surface area contributed by atoms with Gasteiger partial charge in [-0.3, -0.25) is 14.3 Å². The molecule has 1 aliphatic heterocycles. The van der Waals surface area contributed by atoms with Gasteiger partial charge in [-0.1, -0.05) is 0 Å². The SMILES string of the molecule is CSCOC1C(O)[C@H](CO)O[C@@H]1n1ccc(=O)[nH]c1=O. The normalized spacial score (nSPS) is 29.8. The van der Waals surface area contributed by atoms with E-state index in [1.54, 1.807) is 0 Å². The first kappa shape index (κ1) is 15.3. The summed E-state index contributed by atoms with van der Waals surface area (Å²) in [6.45, 7) is -0.394. The van der Waals surface area contributed by atoms with Crippen molar-refractivity contribution < 1.29 is 19.7 Å². The van der Waals surface area contributed by atoms with Gasteiger partial charge in [0, 0.05) is 12.3 Å². The summed E-state index contributed by atoms with van der Waals surface area (Å²) in [4.78, 5) is 24.9. The fraction of sp³-hybridized carbons (Fsp3) is 0.636. The van der Waals surface area contributed by atoms with Gasteiger partial charge in [0.2, 0.25) is 0 Å². The van der Waals surface area contributed by atoms with E-state index in [1.807, 2.05) is 6.26 Å². The molecule has 9 heteroatoms. The van der Waals surface area contributed by atoms with Crippen LogP contribution in [-0.2, 0) is 9.47 Å². The molecule has 4 atom stereocenters. The van der Waals surface area contributed by atoms with Gasteiger partial charge in [-0.05, 0) is 6.26 Å². The van der Waals surface area contributed by atoms with Crippen LogP contribution in [0.25, 0.3) is 0 Å². The summed E-state index contributed by atoms with van der Waals surface area (Å²) in [7, 11) is 0. The third-order valence-corrected chi connectivity index (χ3v) is 3.37. The lowest BCUT2D eigenvalue weighted by atomic mass is 10.1. The van der Waals surface area contributed by atoms with E-state index in [-0.39, 0.29) is 0 Å². The van der Waals surface area contributed by atoms with E-state index in [4.69, 9.17) is 14.6 Å². The summed E-state index contributed by atoms with van der Waals surface area (Å²) in [5.41, 5.74) is -1.18. The van der Waals surface area contributed by atoms with Gasteiger partial charge in [0.15, 0.2) is 6.23 Å². The average molecular weight is 304 g/mol. The molecule has 0 saturated carbocycles. The number of aromatic amines is 1. The fourth-order valence-corrected chi connectivity index (χ4v) is 2.34. The Morgan fingerprint density at radius 1 is 1.55 bits per heavy atom. The van der Waals surface area contributed by atoms with Crippen LogP contribution in [0.3, 0.4) is 0 Å². The van der Waals surface area contributed by atoms with Gasteiger partial charge in [0.1, 0.15) is 18.3 Å². The van der Waals surface area contributed by atoms with Crippen LogP contribution in [-0.4, -0.2) is 56.9 Å². The fourth-order valence-electron chi connectivity index (χ4n) is 2.05. The van der Waals surface area contributed by atoms with Crippen molar-refractivity contribution in [2.24, 2.45) is 0 Å². The second-order valence-electron chi connectivity index (χ2n) is 4.29. The Balaban J connectivity index is 2.31. The Labute approximate surface area is 118 Å². The Morgan fingerprint density at radius 3 is 2.90 bits per heavy atom. The molecule has 2 heterocycles. The molecular formula is C11H16N2O6S. The van der Waals surface area contributed by atoms with Crippen molar-refractivity contribution in [3.05, 3.63) is 33.1 Å². The number of aromatic nitrogens is 2. The van der Waals surface area contributed by atoms with Crippen molar-refractivity contribution in [3.8, 4) is 0 Å². The maximum Gasteiger partial charge on any atom is 0.330 e. The number of aliphatic hydroxyl groups excluding tert-OH is 2. The number of H-pyrrole nitrogens is 1. The van der Waals surface area contributed by atoms with Gasteiger partial charge < -0.3 is 19.7 Å². The lowest BCUT2D eigenvalue weighted by Crippen LogP contribution is -2.39. The van der Waals surface area contributed by atoms with Crippen LogP contribution >= 0.6 is 11.8 Å². The van der Waals surface area contributed by atoms with Gasteiger partial charge in [0.05, 0.1) is 12.5 Å². The highest BCUT2D eigenvalue weighted by Gasteiger charge is 2.45. The molecule has 0 aliphatic carbocycles. The molecule has 1 aliphatic rings.